The van der Waals surface area contributed by atoms with Crippen LogP contribution in [-0.2, 0) is 11.4 Å². The first kappa shape index (κ1) is 22.2. The Morgan fingerprint density at radius 2 is 1.91 bits per heavy atom. The van der Waals surface area contributed by atoms with Crippen LogP contribution in [-0.4, -0.2) is 26.9 Å². The van der Waals surface area contributed by atoms with Crippen molar-refractivity contribution in [2.24, 2.45) is 0 Å². The van der Waals surface area contributed by atoms with Crippen LogP contribution in [0.1, 0.15) is 43.2 Å². The summed E-state index contributed by atoms with van der Waals surface area (Å²) in [5, 5.41) is 14.6. The number of benzene rings is 2. The summed E-state index contributed by atoms with van der Waals surface area (Å²) in [7, 11) is 0. The molecule has 166 valence electrons. The predicted octanol–water partition coefficient (Wildman–Crippen LogP) is 5.22. The van der Waals surface area contributed by atoms with Gasteiger partial charge < -0.3 is 10.1 Å². The van der Waals surface area contributed by atoms with E-state index in [1.807, 2.05) is 6.07 Å². The lowest BCUT2D eigenvalue weighted by Crippen LogP contribution is -2.41. The van der Waals surface area contributed by atoms with E-state index in [1.54, 1.807) is 35.2 Å². The Morgan fingerprint density at radius 3 is 2.56 bits per heavy atom. The van der Waals surface area contributed by atoms with Crippen molar-refractivity contribution in [3.8, 4) is 5.75 Å². The van der Waals surface area contributed by atoms with Crippen LogP contribution in [0.15, 0.2) is 48.2 Å². The van der Waals surface area contributed by atoms with Gasteiger partial charge in [-0.25, -0.2) is 0 Å². The summed E-state index contributed by atoms with van der Waals surface area (Å²) in [6.07, 6.45) is 7.14. The fourth-order valence-electron chi connectivity index (χ4n) is 3.99. The highest BCUT2D eigenvalue weighted by Gasteiger charge is 2.36. The molecule has 1 N–H and O–H groups in total. The quantitative estimate of drug-likeness (QED) is 0.269. The third kappa shape index (κ3) is 4.92. The maximum Gasteiger partial charge on any atom is 0.276 e. The van der Waals surface area contributed by atoms with Crippen molar-refractivity contribution >= 4 is 46.6 Å². The van der Waals surface area contributed by atoms with Crippen LogP contribution in [0.5, 0.6) is 5.75 Å². The minimum absolute atomic E-state index is 0.0285. The Hall–Kier alpha value is -2.97. The van der Waals surface area contributed by atoms with Crippen LogP contribution in [0.3, 0.4) is 0 Å². The van der Waals surface area contributed by atoms with Gasteiger partial charge in [0, 0.05) is 18.2 Å². The van der Waals surface area contributed by atoms with Crippen molar-refractivity contribution in [2.45, 2.75) is 44.8 Å². The highest BCUT2D eigenvalue weighted by Crippen LogP contribution is 2.30. The first-order chi connectivity index (χ1) is 15.4. The number of hydrogen-bond donors (Lipinski definition) is 1. The molecule has 1 saturated heterocycles. The van der Waals surface area contributed by atoms with Gasteiger partial charge in [-0.05, 0) is 66.5 Å². The van der Waals surface area contributed by atoms with E-state index >= 15 is 0 Å². The SMILES string of the molecule is O=C1/C(=C/c2ccc(OCc3ccc([N+](=O)[O-])cc3)c(Cl)c2)NC(=S)N1C1CCCCC1. The summed E-state index contributed by atoms with van der Waals surface area (Å²) in [6.45, 7) is 0.225. The highest BCUT2D eigenvalue weighted by molar-refractivity contribution is 7.80. The number of carbonyl (C=O) groups excluding carboxylic acids is 1. The summed E-state index contributed by atoms with van der Waals surface area (Å²) in [6, 6.07) is 11.6. The van der Waals surface area contributed by atoms with Crippen LogP contribution < -0.4 is 10.1 Å². The zero-order valence-electron chi connectivity index (χ0n) is 17.3. The van der Waals surface area contributed by atoms with Gasteiger partial charge in [0.1, 0.15) is 18.1 Å². The van der Waals surface area contributed by atoms with Gasteiger partial charge in [0.05, 0.1) is 9.95 Å². The molecule has 1 aliphatic heterocycles. The smallest absolute Gasteiger partial charge is 0.276 e. The molecule has 2 aromatic rings. The molecule has 0 aromatic heterocycles. The maximum absolute atomic E-state index is 12.9. The zero-order valence-corrected chi connectivity index (χ0v) is 18.8. The predicted molar refractivity (Wildman–Crippen MR) is 126 cm³/mol. The monoisotopic (exact) mass is 471 g/mol. The van der Waals surface area contributed by atoms with E-state index < -0.39 is 4.92 Å². The molecule has 9 heteroatoms. The van der Waals surface area contributed by atoms with Gasteiger partial charge in [0.2, 0.25) is 0 Å². The molecule has 1 aliphatic carbocycles. The van der Waals surface area contributed by atoms with E-state index in [9.17, 15) is 14.9 Å². The highest BCUT2D eigenvalue weighted by atomic mass is 35.5. The van der Waals surface area contributed by atoms with Crippen molar-refractivity contribution in [1.82, 2.24) is 10.2 Å². The number of hydrogen-bond acceptors (Lipinski definition) is 5. The lowest BCUT2D eigenvalue weighted by molar-refractivity contribution is -0.384. The maximum atomic E-state index is 12.9. The van der Waals surface area contributed by atoms with Crippen molar-refractivity contribution in [3.05, 3.63) is 74.4 Å². The number of halogens is 1. The number of amides is 1. The zero-order chi connectivity index (χ0) is 22.7. The number of carbonyl (C=O) groups is 1. The van der Waals surface area contributed by atoms with Gasteiger partial charge >= 0.3 is 0 Å². The van der Waals surface area contributed by atoms with Gasteiger partial charge in [0.25, 0.3) is 11.6 Å². The summed E-state index contributed by atoms with van der Waals surface area (Å²) in [4.78, 5) is 24.9. The minimum atomic E-state index is -0.445. The van der Waals surface area contributed by atoms with Crippen LogP contribution in [0, 0.1) is 10.1 Å². The number of non-ortho nitro benzene ring substituents is 1. The lowest BCUT2D eigenvalue weighted by Gasteiger charge is -2.29. The van der Waals surface area contributed by atoms with Gasteiger partial charge in [-0.3, -0.25) is 19.8 Å². The molecule has 0 unspecified atom stereocenters. The largest absolute Gasteiger partial charge is 0.487 e. The topological polar surface area (TPSA) is 84.7 Å². The fraction of sp³-hybridized carbons (Fsp3) is 0.304. The van der Waals surface area contributed by atoms with Crippen molar-refractivity contribution < 1.29 is 14.5 Å². The molecular weight excluding hydrogens is 450 g/mol. The van der Waals surface area contributed by atoms with Crippen molar-refractivity contribution in [3.63, 3.8) is 0 Å². The standard InChI is InChI=1S/C23H22ClN3O4S/c24-19-12-16(8-11-21(19)31-14-15-6-9-18(10-7-15)27(29)30)13-20-22(28)26(23(32)25-20)17-4-2-1-3-5-17/h6-13,17H,1-5,14H2,(H,25,32)/b20-13-. The van der Waals surface area contributed by atoms with Crippen molar-refractivity contribution in [2.75, 3.05) is 0 Å². The summed E-state index contributed by atoms with van der Waals surface area (Å²) in [5.41, 5.74) is 2.01. The molecule has 0 bridgehead atoms. The molecule has 1 amide bonds. The summed E-state index contributed by atoms with van der Waals surface area (Å²) >= 11 is 11.8. The van der Waals surface area contributed by atoms with E-state index in [0.717, 1.165) is 36.8 Å². The third-order valence-electron chi connectivity index (χ3n) is 5.66. The Morgan fingerprint density at radius 1 is 1.19 bits per heavy atom. The van der Waals surface area contributed by atoms with E-state index in [0.29, 0.717) is 21.6 Å². The fourth-order valence-corrected chi connectivity index (χ4v) is 4.57. The van der Waals surface area contributed by atoms with E-state index in [2.05, 4.69) is 5.32 Å². The Bertz CT molecular complexity index is 1080. The second-order valence-corrected chi connectivity index (χ2v) is 8.65. The summed E-state index contributed by atoms with van der Waals surface area (Å²) < 4.78 is 5.75. The number of nitro benzene ring substituents is 1. The normalized spacial score (nSPS) is 18.2. The molecule has 1 heterocycles. The molecule has 0 atom stereocenters. The second kappa shape index (κ2) is 9.67. The minimum Gasteiger partial charge on any atom is -0.487 e. The molecule has 7 nitrogen and oxygen atoms in total. The van der Waals surface area contributed by atoms with Crippen molar-refractivity contribution in [1.29, 1.82) is 0 Å². The molecule has 2 fully saturated rings. The molecule has 0 spiro atoms. The molecule has 0 radical (unpaired) electrons. The first-order valence-electron chi connectivity index (χ1n) is 10.4. The second-order valence-electron chi connectivity index (χ2n) is 7.86. The molecular formula is C23H22ClN3O4S. The van der Waals surface area contributed by atoms with E-state index in [1.165, 1.54) is 18.6 Å². The first-order valence-corrected chi connectivity index (χ1v) is 11.2. The average Bonchev–Trinajstić information content (AvgIpc) is 3.06. The molecule has 32 heavy (non-hydrogen) atoms. The number of thiocarbonyl (C=S) groups is 1. The average molecular weight is 472 g/mol. The Labute approximate surface area is 196 Å². The Kier molecular flexibility index (Phi) is 6.72. The number of nitrogens with zero attached hydrogens (tertiary/aromatic N) is 2. The van der Waals surface area contributed by atoms with Gasteiger partial charge in [0.15, 0.2) is 5.11 Å². The van der Waals surface area contributed by atoms with Crippen LogP contribution in [0.4, 0.5) is 5.69 Å². The number of rotatable bonds is 6. The molecule has 2 aliphatic rings. The van der Waals surface area contributed by atoms with Crippen LogP contribution in [0.2, 0.25) is 5.02 Å². The third-order valence-corrected chi connectivity index (χ3v) is 6.25. The number of ether oxygens (including phenoxy) is 1. The van der Waals surface area contributed by atoms with Crippen LogP contribution >= 0.6 is 23.8 Å². The number of nitrogens with one attached hydrogen (secondary N) is 1. The lowest BCUT2D eigenvalue weighted by atomic mass is 9.94. The van der Waals surface area contributed by atoms with Gasteiger partial charge in [-0.2, -0.15) is 0 Å². The Balaban J connectivity index is 1.42. The molecule has 1 saturated carbocycles. The molecule has 2 aromatic carbocycles. The van der Waals surface area contributed by atoms with Crippen LogP contribution in [0.25, 0.3) is 6.08 Å². The van der Waals surface area contributed by atoms with Gasteiger partial charge in [-0.15, -0.1) is 0 Å². The van der Waals surface area contributed by atoms with E-state index in [-0.39, 0.29) is 24.2 Å². The molecule has 4 rings (SSSR count). The van der Waals surface area contributed by atoms with E-state index in [4.69, 9.17) is 28.6 Å². The summed E-state index contributed by atoms with van der Waals surface area (Å²) in [5.74, 6) is 0.383. The number of nitro groups is 1. The van der Waals surface area contributed by atoms with Gasteiger partial charge in [-0.1, -0.05) is 36.9 Å².